The van der Waals surface area contributed by atoms with Gasteiger partial charge in [0.1, 0.15) is 13.2 Å². The van der Waals surface area contributed by atoms with Gasteiger partial charge in [-0.05, 0) is 43.5 Å². The second kappa shape index (κ2) is 6.62. The first kappa shape index (κ1) is 14.7. The molecule has 0 aliphatic carbocycles. The summed E-state index contributed by atoms with van der Waals surface area (Å²) in [7, 11) is 2.01. The molecule has 0 saturated heterocycles. The molecule has 106 valence electrons. The van der Waals surface area contributed by atoms with Gasteiger partial charge in [0.05, 0.1) is 0 Å². The van der Waals surface area contributed by atoms with Crippen LogP contribution in [0.4, 0.5) is 0 Å². The molecule has 0 radical (unpaired) electrons. The molecule has 0 fully saturated rings. The number of ether oxygens (including phenoxy) is 2. The third-order valence-corrected chi connectivity index (χ3v) is 4.10. The first-order valence-corrected chi connectivity index (χ1v) is 7.67. The van der Waals surface area contributed by atoms with Crippen molar-refractivity contribution in [2.75, 3.05) is 20.3 Å². The Kier molecular flexibility index (Phi) is 5.11. The molecule has 1 N–H and O–H groups in total. The van der Waals surface area contributed by atoms with Gasteiger partial charge in [0.15, 0.2) is 11.5 Å². The lowest BCUT2D eigenvalue weighted by atomic mass is 9.97. The average Bonchev–Trinajstić information content (AvgIpc) is 2.39. The summed E-state index contributed by atoms with van der Waals surface area (Å²) in [6.07, 6.45) is 2.32. The lowest BCUT2D eigenvalue weighted by molar-refractivity contribution is 0.171. The summed E-state index contributed by atoms with van der Waals surface area (Å²) in [5, 5.41) is 3.39. The highest BCUT2D eigenvalue weighted by Gasteiger charge is 2.19. The van der Waals surface area contributed by atoms with E-state index < -0.39 is 0 Å². The number of hydrogen-bond donors (Lipinski definition) is 1. The Hall–Kier alpha value is -0.740. The van der Waals surface area contributed by atoms with E-state index in [2.05, 4.69) is 41.2 Å². The molecule has 1 atom stereocenters. The molecule has 2 rings (SSSR count). The number of fused-ring (bicyclic) bond motifs is 1. The van der Waals surface area contributed by atoms with E-state index >= 15 is 0 Å². The Bertz CT molecular complexity index is 434. The van der Waals surface area contributed by atoms with E-state index in [1.54, 1.807) is 0 Å². The number of hydrogen-bond acceptors (Lipinski definition) is 3. The SMILES string of the molecule is CNC(CCC(C)C)c1cc2c(cc1Br)OCCO2. The highest BCUT2D eigenvalue weighted by molar-refractivity contribution is 9.10. The second-order valence-corrected chi connectivity index (χ2v) is 6.18. The van der Waals surface area contributed by atoms with Gasteiger partial charge in [-0.1, -0.05) is 29.8 Å². The van der Waals surface area contributed by atoms with Crippen LogP contribution in [0.1, 0.15) is 38.3 Å². The zero-order chi connectivity index (χ0) is 13.8. The van der Waals surface area contributed by atoms with Crippen LogP contribution in [0.25, 0.3) is 0 Å². The van der Waals surface area contributed by atoms with Crippen molar-refractivity contribution >= 4 is 15.9 Å². The summed E-state index contributed by atoms with van der Waals surface area (Å²) >= 11 is 3.65. The molecule has 1 heterocycles. The molecule has 1 aliphatic rings. The van der Waals surface area contributed by atoms with Crippen molar-refractivity contribution in [3.63, 3.8) is 0 Å². The van der Waals surface area contributed by atoms with E-state index in [9.17, 15) is 0 Å². The molecule has 0 amide bonds. The van der Waals surface area contributed by atoms with Gasteiger partial charge in [-0.25, -0.2) is 0 Å². The first-order chi connectivity index (χ1) is 9.11. The minimum atomic E-state index is 0.340. The van der Waals surface area contributed by atoms with Crippen LogP contribution < -0.4 is 14.8 Å². The Balaban J connectivity index is 2.21. The topological polar surface area (TPSA) is 30.5 Å². The van der Waals surface area contributed by atoms with Crippen LogP contribution >= 0.6 is 15.9 Å². The van der Waals surface area contributed by atoms with E-state index in [4.69, 9.17) is 9.47 Å². The van der Waals surface area contributed by atoms with Crippen LogP contribution in [-0.4, -0.2) is 20.3 Å². The predicted molar refractivity (Wildman–Crippen MR) is 81.0 cm³/mol. The maximum Gasteiger partial charge on any atom is 0.162 e. The number of halogens is 1. The van der Waals surface area contributed by atoms with E-state index in [-0.39, 0.29) is 0 Å². The van der Waals surface area contributed by atoms with Crippen molar-refractivity contribution in [3.8, 4) is 11.5 Å². The Morgan fingerprint density at radius 3 is 2.37 bits per heavy atom. The fourth-order valence-electron chi connectivity index (χ4n) is 2.30. The molecular weight excluding hydrogens is 306 g/mol. The zero-order valence-electron chi connectivity index (χ0n) is 11.8. The highest BCUT2D eigenvalue weighted by Crippen LogP contribution is 2.38. The van der Waals surface area contributed by atoms with Gasteiger partial charge in [-0.3, -0.25) is 0 Å². The Labute approximate surface area is 123 Å². The van der Waals surface area contributed by atoms with Crippen LogP contribution in [0.3, 0.4) is 0 Å². The van der Waals surface area contributed by atoms with Crippen LogP contribution in [-0.2, 0) is 0 Å². The minimum Gasteiger partial charge on any atom is -0.486 e. The van der Waals surface area contributed by atoms with Gasteiger partial charge in [0.25, 0.3) is 0 Å². The summed E-state index contributed by atoms with van der Waals surface area (Å²) in [5.41, 5.74) is 1.24. The zero-order valence-corrected chi connectivity index (χ0v) is 13.4. The highest BCUT2D eigenvalue weighted by atomic mass is 79.9. The van der Waals surface area contributed by atoms with Crippen molar-refractivity contribution in [1.29, 1.82) is 0 Å². The lowest BCUT2D eigenvalue weighted by Crippen LogP contribution is -2.19. The third-order valence-electron chi connectivity index (χ3n) is 3.42. The van der Waals surface area contributed by atoms with Crippen molar-refractivity contribution in [2.45, 2.75) is 32.7 Å². The molecule has 0 spiro atoms. The minimum absolute atomic E-state index is 0.340. The Morgan fingerprint density at radius 2 is 1.79 bits per heavy atom. The third kappa shape index (κ3) is 3.63. The normalized spacial score (nSPS) is 15.6. The summed E-state index contributed by atoms with van der Waals surface area (Å²) in [4.78, 5) is 0. The smallest absolute Gasteiger partial charge is 0.162 e. The van der Waals surface area contributed by atoms with Gasteiger partial charge in [-0.2, -0.15) is 0 Å². The van der Waals surface area contributed by atoms with E-state index in [0.717, 1.165) is 22.4 Å². The molecule has 19 heavy (non-hydrogen) atoms. The maximum atomic E-state index is 5.67. The lowest BCUT2D eigenvalue weighted by Gasteiger charge is -2.24. The summed E-state index contributed by atoms with van der Waals surface area (Å²) in [6, 6.07) is 4.46. The number of rotatable bonds is 5. The van der Waals surface area contributed by atoms with Gasteiger partial charge in [0.2, 0.25) is 0 Å². The quantitative estimate of drug-likeness (QED) is 0.889. The van der Waals surface area contributed by atoms with Crippen molar-refractivity contribution in [3.05, 3.63) is 22.2 Å². The van der Waals surface area contributed by atoms with Gasteiger partial charge < -0.3 is 14.8 Å². The van der Waals surface area contributed by atoms with Crippen LogP contribution in [0, 0.1) is 5.92 Å². The molecule has 1 aromatic rings. The molecule has 0 bridgehead atoms. The fourth-order valence-corrected chi connectivity index (χ4v) is 2.90. The first-order valence-electron chi connectivity index (χ1n) is 6.88. The van der Waals surface area contributed by atoms with Gasteiger partial charge in [0, 0.05) is 10.5 Å². The van der Waals surface area contributed by atoms with Crippen LogP contribution in [0.15, 0.2) is 16.6 Å². The van der Waals surface area contributed by atoms with E-state index in [1.807, 2.05) is 13.1 Å². The predicted octanol–water partition coefficient (Wildman–Crippen LogP) is 3.92. The van der Waals surface area contributed by atoms with Gasteiger partial charge in [-0.15, -0.1) is 0 Å². The second-order valence-electron chi connectivity index (χ2n) is 5.33. The summed E-state index contributed by atoms with van der Waals surface area (Å²) in [6.45, 7) is 5.77. The van der Waals surface area contributed by atoms with Crippen molar-refractivity contribution in [2.24, 2.45) is 5.92 Å². The largest absolute Gasteiger partial charge is 0.486 e. The average molecular weight is 328 g/mol. The molecule has 1 unspecified atom stereocenters. The van der Waals surface area contributed by atoms with Crippen molar-refractivity contribution < 1.29 is 9.47 Å². The Morgan fingerprint density at radius 1 is 1.16 bits per heavy atom. The van der Waals surface area contributed by atoms with Crippen LogP contribution in [0.5, 0.6) is 11.5 Å². The molecule has 1 aromatic carbocycles. The number of nitrogens with one attached hydrogen (secondary N) is 1. The number of benzene rings is 1. The van der Waals surface area contributed by atoms with Crippen LogP contribution in [0.2, 0.25) is 0 Å². The summed E-state index contributed by atoms with van der Waals surface area (Å²) < 4.78 is 12.3. The summed E-state index contributed by atoms with van der Waals surface area (Å²) in [5.74, 6) is 2.40. The van der Waals surface area contributed by atoms with Crippen molar-refractivity contribution in [1.82, 2.24) is 5.32 Å². The van der Waals surface area contributed by atoms with E-state index in [0.29, 0.717) is 25.2 Å². The molecule has 0 saturated carbocycles. The monoisotopic (exact) mass is 327 g/mol. The standard InChI is InChI=1S/C15H22BrNO2/c1-10(2)4-5-13(17-3)11-8-14-15(9-12(11)16)19-7-6-18-14/h8-10,13,17H,4-7H2,1-3H3. The molecule has 1 aliphatic heterocycles. The molecule has 3 nitrogen and oxygen atoms in total. The molecule has 4 heteroatoms. The molecule has 0 aromatic heterocycles. The van der Waals surface area contributed by atoms with Gasteiger partial charge >= 0.3 is 0 Å². The van der Waals surface area contributed by atoms with E-state index in [1.165, 1.54) is 12.0 Å². The fraction of sp³-hybridized carbons (Fsp3) is 0.600. The maximum absolute atomic E-state index is 5.67. The molecular formula is C15H22BrNO2.